The average molecular weight is 594 g/mol. The molecular formula is C28H20ClN3O6S2. The first-order chi connectivity index (χ1) is 19.4. The molecule has 0 saturated carbocycles. The molecule has 0 bridgehead atoms. The molecule has 1 amide bonds. The third-order valence-corrected chi connectivity index (χ3v) is 8.85. The predicted octanol–water partition coefficient (Wildman–Crippen LogP) is 5.59. The van der Waals surface area contributed by atoms with E-state index in [1.165, 1.54) is 28.8 Å². The van der Waals surface area contributed by atoms with Crippen LogP contribution in [0.15, 0.2) is 76.6 Å². The van der Waals surface area contributed by atoms with E-state index in [1.54, 1.807) is 30.3 Å². The number of nitrogens with zero attached hydrogens (tertiary/aromatic N) is 3. The number of hydrogen-bond donors (Lipinski definition) is 2. The van der Waals surface area contributed by atoms with Crippen molar-refractivity contribution in [3.63, 3.8) is 0 Å². The summed E-state index contributed by atoms with van der Waals surface area (Å²) in [6.45, 7) is 0.758. The van der Waals surface area contributed by atoms with Crippen molar-refractivity contribution in [1.29, 1.82) is 0 Å². The molecule has 4 aromatic rings. The number of aromatic hydroxyl groups is 1. The van der Waals surface area contributed by atoms with Crippen molar-refractivity contribution >= 4 is 57.3 Å². The van der Waals surface area contributed by atoms with E-state index in [0.29, 0.717) is 51.0 Å². The second-order valence-electron chi connectivity index (χ2n) is 8.85. The molecule has 3 heterocycles. The molecular weight excluding hydrogens is 574 g/mol. The zero-order chi connectivity index (χ0) is 27.8. The van der Waals surface area contributed by atoms with Crippen LogP contribution >= 0.6 is 34.7 Å². The summed E-state index contributed by atoms with van der Waals surface area (Å²) in [5.41, 5.74) is 1.60. The Balaban J connectivity index is 1.39. The van der Waals surface area contributed by atoms with Crippen LogP contribution in [0.3, 0.4) is 0 Å². The van der Waals surface area contributed by atoms with E-state index in [-0.39, 0.29) is 22.2 Å². The highest BCUT2D eigenvalue weighted by atomic mass is 35.5. The molecule has 0 aliphatic carbocycles. The third kappa shape index (κ3) is 4.87. The Morgan fingerprint density at radius 3 is 2.55 bits per heavy atom. The number of aliphatic hydroxyl groups excluding tert-OH is 1. The van der Waals surface area contributed by atoms with Gasteiger partial charge in [0.1, 0.15) is 24.7 Å². The highest BCUT2D eigenvalue weighted by Crippen LogP contribution is 2.45. The fourth-order valence-corrected chi connectivity index (χ4v) is 6.61. The first kappa shape index (κ1) is 26.2. The number of aliphatic hydroxyl groups is 1. The summed E-state index contributed by atoms with van der Waals surface area (Å²) < 4.78 is 11.8. The SMILES string of the molecule is O=C1C(=O)N(c2nnc(SCc3ccccc3Cl)s2)C(c2ccc(O)cc2)/C1=C(\O)c1ccc2c(c1)OCCO2. The number of amides is 1. The Morgan fingerprint density at radius 1 is 1.02 bits per heavy atom. The van der Waals surface area contributed by atoms with Gasteiger partial charge in [0, 0.05) is 16.3 Å². The lowest BCUT2D eigenvalue weighted by molar-refractivity contribution is -0.132. The largest absolute Gasteiger partial charge is 0.508 e. The number of anilines is 1. The van der Waals surface area contributed by atoms with E-state index in [4.69, 9.17) is 21.1 Å². The van der Waals surface area contributed by atoms with Gasteiger partial charge in [-0.3, -0.25) is 14.5 Å². The maximum atomic E-state index is 13.4. The van der Waals surface area contributed by atoms with Crippen molar-refractivity contribution in [2.75, 3.05) is 18.1 Å². The van der Waals surface area contributed by atoms with Crippen molar-refractivity contribution in [3.05, 3.63) is 94.0 Å². The lowest BCUT2D eigenvalue weighted by Crippen LogP contribution is -2.29. The van der Waals surface area contributed by atoms with Crippen LogP contribution in [0.25, 0.3) is 5.76 Å². The van der Waals surface area contributed by atoms with Gasteiger partial charge in [-0.05, 0) is 47.5 Å². The molecule has 6 rings (SSSR count). The maximum absolute atomic E-state index is 13.4. The van der Waals surface area contributed by atoms with Crippen LogP contribution in [-0.2, 0) is 15.3 Å². The van der Waals surface area contributed by atoms with Gasteiger partial charge in [0.05, 0.1) is 11.6 Å². The van der Waals surface area contributed by atoms with E-state index in [1.807, 2.05) is 24.3 Å². The number of Topliss-reactive ketones (excluding diaryl/α,β-unsaturated/α-hetero) is 1. The van der Waals surface area contributed by atoms with Gasteiger partial charge in [-0.15, -0.1) is 10.2 Å². The van der Waals surface area contributed by atoms with E-state index >= 15 is 0 Å². The number of carbonyl (C=O) groups excluding carboxylic acids is 2. The first-order valence-corrected chi connectivity index (χ1v) is 14.3. The second kappa shape index (κ2) is 10.8. The number of phenols is 1. The van der Waals surface area contributed by atoms with Crippen LogP contribution in [0, 0.1) is 0 Å². The fraction of sp³-hybridized carbons (Fsp3) is 0.143. The number of phenolic OH excluding ortho intramolecular Hbond substituents is 1. The first-order valence-electron chi connectivity index (χ1n) is 12.1. The molecule has 1 atom stereocenters. The molecule has 12 heteroatoms. The number of ketones is 1. The second-order valence-corrected chi connectivity index (χ2v) is 11.4. The standard InChI is InChI=1S/C28H20ClN3O6S2/c29-19-4-2-1-3-17(19)14-39-28-31-30-27(40-28)32-23(15-5-8-18(33)9-6-15)22(25(35)26(32)36)24(34)16-7-10-20-21(13-16)38-12-11-37-20/h1-10,13,23,33-34H,11-12,14H2/b24-22+. The number of ether oxygens (including phenoxy) is 2. The molecule has 1 fully saturated rings. The molecule has 0 radical (unpaired) electrons. The van der Waals surface area contributed by atoms with Crippen LogP contribution < -0.4 is 14.4 Å². The van der Waals surface area contributed by atoms with Crippen molar-refractivity contribution in [1.82, 2.24) is 10.2 Å². The lowest BCUT2D eigenvalue weighted by Gasteiger charge is -2.23. The quantitative estimate of drug-likeness (QED) is 0.0968. The van der Waals surface area contributed by atoms with E-state index in [9.17, 15) is 19.8 Å². The Morgan fingerprint density at radius 2 is 1.77 bits per heavy atom. The van der Waals surface area contributed by atoms with Gasteiger partial charge in [-0.1, -0.05) is 65.0 Å². The summed E-state index contributed by atoms with van der Waals surface area (Å²) in [5, 5.41) is 30.5. The van der Waals surface area contributed by atoms with Gasteiger partial charge < -0.3 is 19.7 Å². The summed E-state index contributed by atoms with van der Waals surface area (Å²) >= 11 is 8.82. The third-order valence-electron chi connectivity index (χ3n) is 6.38. The number of aromatic nitrogens is 2. The molecule has 2 N–H and O–H groups in total. The van der Waals surface area contributed by atoms with Crippen LogP contribution in [0.2, 0.25) is 5.02 Å². The van der Waals surface area contributed by atoms with Gasteiger partial charge in [-0.25, -0.2) is 0 Å². The van der Waals surface area contributed by atoms with E-state index in [0.717, 1.165) is 16.9 Å². The molecule has 40 heavy (non-hydrogen) atoms. The zero-order valence-corrected chi connectivity index (χ0v) is 23.0. The smallest absolute Gasteiger partial charge is 0.301 e. The highest BCUT2D eigenvalue weighted by molar-refractivity contribution is 8.00. The Hall–Kier alpha value is -4.06. The van der Waals surface area contributed by atoms with Gasteiger partial charge in [-0.2, -0.15) is 0 Å². The van der Waals surface area contributed by atoms with Crippen LogP contribution in [-0.4, -0.2) is 45.3 Å². The van der Waals surface area contributed by atoms with Crippen LogP contribution in [0.1, 0.15) is 22.7 Å². The van der Waals surface area contributed by atoms with E-state index < -0.39 is 17.7 Å². The molecule has 2 aliphatic rings. The number of benzene rings is 3. The minimum atomic E-state index is -1.01. The molecule has 2 aliphatic heterocycles. The van der Waals surface area contributed by atoms with Crippen molar-refractivity contribution in [3.8, 4) is 17.2 Å². The predicted molar refractivity (Wildman–Crippen MR) is 151 cm³/mol. The Kier molecular flexibility index (Phi) is 7.09. The topological polar surface area (TPSA) is 122 Å². The molecule has 1 unspecified atom stereocenters. The summed E-state index contributed by atoms with van der Waals surface area (Å²) in [4.78, 5) is 28.1. The number of hydrogen-bond acceptors (Lipinski definition) is 10. The summed E-state index contributed by atoms with van der Waals surface area (Å²) in [7, 11) is 0. The van der Waals surface area contributed by atoms with Crippen molar-refractivity contribution < 1.29 is 29.3 Å². The van der Waals surface area contributed by atoms with Gasteiger partial charge >= 0.3 is 5.91 Å². The summed E-state index contributed by atoms with van der Waals surface area (Å²) in [6, 6.07) is 17.3. The Bertz CT molecular complexity index is 1660. The molecule has 1 saturated heterocycles. The maximum Gasteiger partial charge on any atom is 0.301 e. The minimum Gasteiger partial charge on any atom is -0.508 e. The zero-order valence-electron chi connectivity index (χ0n) is 20.6. The Labute approximate surface area is 241 Å². The van der Waals surface area contributed by atoms with Gasteiger partial charge in [0.2, 0.25) is 5.13 Å². The summed E-state index contributed by atoms with van der Waals surface area (Å²) in [6.07, 6.45) is 0. The number of carbonyl (C=O) groups is 2. The summed E-state index contributed by atoms with van der Waals surface area (Å²) in [5.74, 6) is -0.583. The van der Waals surface area contributed by atoms with Gasteiger partial charge in [0.25, 0.3) is 5.78 Å². The van der Waals surface area contributed by atoms with Crippen molar-refractivity contribution in [2.24, 2.45) is 0 Å². The normalized spacial score (nSPS) is 17.8. The monoisotopic (exact) mass is 593 g/mol. The highest BCUT2D eigenvalue weighted by Gasteiger charge is 2.48. The number of thioether (sulfide) groups is 1. The molecule has 1 aromatic heterocycles. The molecule has 3 aromatic carbocycles. The minimum absolute atomic E-state index is 0.0155. The van der Waals surface area contributed by atoms with E-state index in [2.05, 4.69) is 10.2 Å². The van der Waals surface area contributed by atoms with Crippen LogP contribution in [0.5, 0.6) is 17.2 Å². The lowest BCUT2D eigenvalue weighted by atomic mass is 9.95. The number of halogens is 1. The van der Waals surface area contributed by atoms with Gasteiger partial charge in [0.15, 0.2) is 15.8 Å². The molecule has 0 spiro atoms. The average Bonchev–Trinajstić information content (AvgIpc) is 3.54. The molecule has 9 nitrogen and oxygen atoms in total. The molecule has 202 valence electrons. The number of fused-ring (bicyclic) bond motifs is 1. The fourth-order valence-electron chi connectivity index (χ4n) is 4.46. The number of rotatable bonds is 6. The van der Waals surface area contributed by atoms with Crippen molar-refractivity contribution in [2.45, 2.75) is 16.1 Å². The van der Waals surface area contributed by atoms with Crippen LogP contribution in [0.4, 0.5) is 5.13 Å².